The molecule has 0 aliphatic carbocycles. The number of hydrogen-bond donors (Lipinski definition) is 1. The Morgan fingerprint density at radius 3 is 2.71 bits per heavy atom. The first-order valence-electron chi connectivity index (χ1n) is 7.14. The van der Waals surface area contributed by atoms with Crippen LogP contribution in [-0.4, -0.2) is 10.6 Å². The summed E-state index contributed by atoms with van der Waals surface area (Å²) in [5.74, 6) is 0. The van der Waals surface area contributed by atoms with Gasteiger partial charge >= 0.3 is 0 Å². The Hall–Kier alpha value is -0.760. The van der Waals surface area contributed by atoms with Crippen LogP contribution in [0.3, 0.4) is 0 Å². The molecule has 1 aromatic heterocycles. The number of aromatic nitrogens is 1. The Bertz CT molecular complexity index is 291. The number of rotatable bonds is 9. The maximum Gasteiger partial charge on any atom is 0.0223 e. The molecule has 2 nitrogen and oxygen atoms in total. The topological polar surface area (TPSA) is 17.0 Å². The van der Waals surface area contributed by atoms with E-state index >= 15 is 0 Å². The molecule has 0 saturated heterocycles. The van der Waals surface area contributed by atoms with Crippen LogP contribution >= 0.6 is 0 Å². The van der Waals surface area contributed by atoms with Crippen molar-refractivity contribution in [1.82, 2.24) is 9.88 Å². The van der Waals surface area contributed by atoms with Crippen LogP contribution in [0, 0.1) is 0 Å². The number of nitrogens with one attached hydrogen (secondary N) is 1. The van der Waals surface area contributed by atoms with Crippen LogP contribution in [0.15, 0.2) is 18.5 Å². The SMILES string of the molecule is CCCCCCC(C)NCc1ccn(CC)c1. The molecule has 0 aromatic carbocycles. The Balaban J connectivity index is 2.12. The smallest absolute Gasteiger partial charge is 0.0223 e. The first kappa shape index (κ1) is 14.3. The summed E-state index contributed by atoms with van der Waals surface area (Å²) in [5, 5.41) is 3.60. The fourth-order valence-electron chi connectivity index (χ4n) is 2.06. The highest BCUT2D eigenvalue weighted by Crippen LogP contribution is 2.07. The van der Waals surface area contributed by atoms with Crippen molar-refractivity contribution < 1.29 is 0 Å². The van der Waals surface area contributed by atoms with Crippen molar-refractivity contribution in [1.29, 1.82) is 0 Å². The van der Waals surface area contributed by atoms with Crippen molar-refractivity contribution in [2.45, 2.75) is 72.0 Å². The van der Waals surface area contributed by atoms with Crippen LogP contribution in [0.2, 0.25) is 0 Å². The molecule has 0 fully saturated rings. The van der Waals surface area contributed by atoms with E-state index in [0.717, 1.165) is 13.1 Å². The van der Waals surface area contributed by atoms with Gasteiger partial charge in [0, 0.05) is 31.5 Å². The second kappa shape index (κ2) is 8.35. The van der Waals surface area contributed by atoms with Crippen molar-refractivity contribution in [2.75, 3.05) is 0 Å². The molecule has 0 spiro atoms. The zero-order chi connectivity index (χ0) is 12.5. The minimum Gasteiger partial charge on any atom is -0.354 e. The Kier molecular flexibility index (Phi) is 7.02. The van der Waals surface area contributed by atoms with E-state index in [9.17, 15) is 0 Å². The molecule has 1 heterocycles. The van der Waals surface area contributed by atoms with Gasteiger partial charge in [-0.1, -0.05) is 32.6 Å². The summed E-state index contributed by atoms with van der Waals surface area (Å²) >= 11 is 0. The molecular weight excluding hydrogens is 208 g/mol. The van der Waals surface area contributed by atoms with Gasteiger partial charge in [-0.3, -0.25) is 0 Å². The number of aryl methyl sites for hydroxylation is 1. The predicted molar refractivity (Wildman–Crippen MR) is 75.2 cm³/mol. The van der Waals surface area contributed by atoms with Gasteiger partial charge < -0.3 is 9.88 Å². The maximum atomic E-state index is 3.60. The average Bonchev–Trinajstić information content (AvgIpc) is 2.80. The van der Waals surface area contributed by atoms with E-state index in [2.05, 4.69) is 49.1 Å². The summed E-state index contributed by atoms with van der Waals surface area (Å²) in [5.41, 5.74) is 1.40. The Morgan fingerprint density at radius 2 is 2.06 bits per heavy atom. The third kappa shape index (κ3) is 5.92. The molecular formula is C15H28N2. The normalized spacial score (nSPS) is 12.9. The van der Waals surface area contributed by atoms with Gasteiger partial charge in [0.1, 0.15) is 0 Å². The first-order chi connectivity index (χ1) is 8.26. The molecule has 0 aliphatic rings. The standard InChI is InChI=1S/C15H28N2/c1-4-6-7-8-9-14(3)16-12-15-10-11-17(5-2)13-15/h10-11,13-14,16H,4-9,12H2,1-3H3. The molecule has 2 heteroatoms. The monoisotopic (exact) mass is 236 g/mol. The molecule has 17 heavy (non-hydrogen) atoms. The van der Waals surface area contributed by atoms with E-state index in [1.165, 1.54) is 37.7 Å². The minimum atomic E-state index is 0.636. The summed E-state index contributed by atoms with van der Waals surface area (Å²) in [6.07, 6.45) is 11.1. The molecule has 0 aliphatic heterocycles. The van der Waals surface area contributed by atoms with Crippen LogP contribution in [-0.2, 0) is 13.1 Å². The Morgan fingerprint density at radius 1 is 1.24 bits per heavy atom. The highest BCUT2D eigenvalue weighted by atomic mass is 14.9. The average molecular weight is 236 g/mol. The lowest BCUT2D eigenvalue weighted by molar-refractivity contribution is 0.482. The molecule has 1 unspecified atom stereocenters. The van der Waals surface area contributed by atoms with Crippen molar-refractivity contribution in [3.05, 3.63) is 24.0 Å². The molecule has 0 saturated carbocycles. The first-order valence-corrected chi connectivity index (χ1v) is 7.14. The van der Waals surface area contributed by atoms with Gasteiger partial charge in [-0.2, -0.15) is 0 Å². The van der Waals surface area contributed by atoms with Crippen molar-refractivity contribution >= 4 is 0 Å². The lowest BCUT2D eigenvalue weighted by atomic mass is 10.1. The van der Waals surface area contributed by atoms with Crippen LogP contribution in [0.25, 0.3) is 0 Å². The fraction of sp³-hybridized carbons (Fsp3) is 0.733. The van der Waals surface area contributed by atoms with Crippen molar-refractivity contribution in [2.24, 2.45) is 0 Å². The third-order valence-electron chi connectivity index (χ3n) is 3.32. The largest absolute Gasteiger partial charge is 0.354 e. The highest BCUT2D eigenvalue weighted by Gasteiger charge is 2.02. The molecule has 1 N–H and O–H groups in total. The lowest BCUT2D eigenvalue weighted by Gasteiger charge is -2.12. The summed E-state index contributed by atoms with van der Waals surface area (Å²) in [6.45, 7) is 8.80. The predicted octanol–water partition coefficient (Wildman–Crippen LogP) is 3.96. The van der Waals surface area contributed by atoms with Gasteiger partial charge in [-0.15, -0.1) is 0 Å². The van der Waals surface area contributed by atoms with E-state index in [-0.39, 0.29) is 0 Å². The van der Waals surface area contributed by atoms with E-state index < -0.39 is 0 Å². The third-order valence-corrected chi connectivity index (χ3v) is 3.32. The molecule has 98 valence electrons. The number of nitrogens with zero attached hydrogens (tertiary/aromatic N) is 1. The molecule has 0 radical (unpaired) electrons. The quantitative estimate of drug-likeness (QED) is 0.642. The zero-order valence-electron chi connectivity index (χ0n) is 11.7. The summed E-state index contributed by atoms with van der Waals surface area (Å²) in [4.78, 5) is 0. The second-order valence-electron chi connectivity index (χ2n) is 4.98. The Labute approximate surface area is 106 Å². The molecule has 1 atom stereocenters. The van der Waals surface area contributed by atoms with Gasteiger partial charge in [0.2, 0.25) is 0 Å². The number of hydrogen-bond acceptors (Lipinski definition) is 1. The van der Waals surface area contributed by atoms with E-state index in [1.54, 1.807) is 0 Å². The van der Waals surface area contributed by atoms with Gasteiger partial charge in [0.25, 0.3) is 0 Å². The van der Waals surface area contributed by atoms with Crippen molar-refractivity contribution in [3.8, 4) is 0 Å². The van der Waals surface area contributed by atoms with Crippen LogP contribution in [0.1, 0.15) is 58.4 Å². The van der Waals surface area contributed by atoms with Crippen LogP contribution in [0.5, 0.6) is 0 Å². The van der Waals surface area contributed by atoms with E-state index in [1.807, 2.05) is 0 Å². The van der Waals surface area contributed by atoms with Crippen molar-refractivity contribution in [3.63, 3.8) is 0 Å². The highest BCUT2D eigenvalue weighted by molar-refractivity contribution is 5.09. The van der Waals surface area contributed by atoms with Crippen LogP contribution < -0.4 is 5.32 Å². The van der Waals surface area contributed by atoms with Gasteiger partial charge in [0.15, 0.2) is 0 Å². The molecule has 1 aromatic rings. The lowest BCUT2D eigenvalue weighted by Crippen LogP contribution is -2.25. The van der Waals surface area contributed by atoms with Gasteiger partial charge in [-0.25, -0.2) is 0 Å². The van der Waals surface area contributed by atoms with Crippen LogP contribution in [0.4, 0.5) is 0 Å². The maximum absolute atomic E-state index is 3.60. The van der Waals surface area contributed by atoms with E-state index in [0.29, 0.717) is 6.04 Å². The summed E-state index contributed by atoms with van der Waals surface area (Å²) < 4.78 is 2.23. The number of unbranched alkanes of at least 4 members (excludes halogenated alkanes) is 3. The molecule has 0 amide bonds. The fourth-order valence-corrected chi connectivity index (χ4v) is 2.06. The zero-order valence-corrected chi connectivity index (χ0v) is 11.7. The molecule has 0 bridgehead atoms. The van der Waals surface area contributed by atoms with E-state index in [4.69, 9.17) is 0 Å². The summed E-state index contributed by atoms with van der Waals surface area (Å²) in [7, 11) is 0. The molecule has 1 rings (SSSR count). The summed E-state index contributed by atoms with van der Waals surface area (Å²) in [6, 6.07) is 2.84. The minimum absolute atomic E-state index is 0.636. The van der Waals surface area contributed by atoms with Gasteiger partial charge in [-0.05, 0) is 31.9 Å². The second-order valence-corrected chi connectivity index (χ2v) is 4.98. The van der Waals surface area contributed by atoms with Gasteiger partial charge in [0.05, 0.1) is 0 Å².